The summed E-state index contributed by atoms with van der Waals surface area (Å²) < 4.78 is 7.66. The molecule has 0 unspecified atom stereocenters. The number of hydrogen-bond acceptors (Lipinski definition) is 8. The zero-order chi connectivity index (χ0) is 41.0. The lowest BCUT2D eigenvalue weighted by Crippen LogP contribution is -2.01. The van der Waals surface area contributed by atoms with Crippen molar-refractivity contribution in [2.24, 2.45) is 0 Å². The molecular formula is C54H34N6OS. The first-order valence-corrected chi connectivity index (χ1v) is 21.5. The van der Waals surface area contributed by atoms with Gasteiger partial charge in [-0.1, -0.05) is 146 Å². The summed E-state index contributed by atoms with van der Waals surface area (Å²) in [6.07, 6.45) is 4.24. The average Bonchev–Trinajstić information content (AvgIpc) is 3.92. The second-order valence-corrected chi connectivity index (χ2v) is 16.5. The lowest BCUT2D eigenvalue weighted by atomic mass is 9.91. The molecule has 8 heteroatoms. The number of aryl methyl sites for hydroxylation is 1. The maximum Gasteiger partial charge on any atom is 0.167 e. The molecular weight excluding hydrogens is 781 g/mol. The van der Waals surface area contributed by atoms with Gasteiger partial charge in [0.15, 0.2) is 34.9 Å². The van der Waals surface area contributed by atoms with Gasteiger partial charge in [0.05, 0.1) is 5.56 Å². The van der Waals surface area contributed by atoms with E-state index in [4.69, 9.17) is 34.3 Å². The zero-order valence-corrected chi connectivity index (χ0v) is 34.1. The van der Waals surface area contributed by atoms with Crippen LogP contribution in [0.25, 0.3) is 112 Å². The Labute approximate surface area is 360 Å². The van der Waals surface area contributed by atoms with Gasteiger partial charge >= 0.3 is 0 Å². The fourth-order valence-electron chi connectivity index (χ4n) is 8.44. The summed E-state index contributed by atoms with van der Waals surface area (Å²) in [6, 6.07) is 59.8. The van der Waals surface area contributed by atoms with E-state index in [9.17, 15) is 0 Å². The van der Waals surface area contributed by atoms with Crippen molar-refractivity contribution in [1.82, 2.24) is 29.9 Å². The van der Waals surface area contributed by atoms with Crippen LogP contribution in [-0.2, 0) is 6.42 Å². The lowest BCUT2D eigenvalue weighted by molar-refractivity contribution is 0.669. The first kappa shape index (κ1) is 36.0. The zero-order valence-electron chi connectivity index (χ0n) is 33.2. The molecule has 11 aromatic rings. The molecule has 0 atom stereocenters. The van der Waals surface area contributed by atoms with E-state index in [0.717, 1.165) is 68.2 Å². The van der Waals surface area contributed by atoms with Crippen LogP contribution in [0.4, 0.5) is 0 Å². The maximum atomic E-state index is 6.41. The summed E-state index contributed by atoms with van der Waals surface area (Å²) in [4.78, 5) is 31.3. The minimum atomic E-state index is 0.571. The van der Waals surface area contributed by atoms with Crippen LogP contribution >= 0.6 is 11.3 Å². The topological polar surface area (TPSA) is 90.5 Å². The lowest BCUT2D eigenvalue weighted by Gasteiger charge is -2.15. The highest BCUT2D eigenvalue weighted by atomic mass is 32.1. The van der Waals surface area contributed by atoms with Crippen LogP contribution < -0.4 is 0 Å². The predicted molar refractivity (Wildman–Crippen MR) is 251 cm³/mol. The number of fused-ring (bicyclic) bond motifs is 6. The highest BCUT2D eigenvalue weighted by molar-refractivity contribution is 7.20. The Bertz CT molecular complexity index is 3450. The number of aromatic nitrogens is 6. The van der Waals surface area contributed by atoms with Crippen LogP contribution in [0.5, 0.6) is 0 Å². The molecule has 0 radical (unpaired) electrons. The average molecular weight is 815 g/mol. The number of nitrogens with zero attached hydrogens (tertiary/aromatic N) is 6. The number of benzene rings is 7. The van der Waals surface area contributed by atoms with E-state index >= 15 is 0 Å². The third-order valence-electron chi connectivity index (χ3n) is 11.6. The molecule has 7 nitrogen and oxygen atoms in total. The molecule has 0 bridgehead atoms. The largest absolute Gasteiger partial charge is 0.455 e. The van der Waals surface area contributed by atoms with Crippen LogP contribution in [0.15, 0.2) is 180 Å². The van der Waals surface area contributed by atoms with Crippen molar-refractivity contribution < 1.29 is 4.42 Å². The summed E-state index contributed by atoms with van der Waals surface area (Å²) in [6.45, 7) is 0. The predicted octanol–water partition coefficient (Wildman–Crippen LogP) is 13.7. The minimum absolute atomic E-state index is 0.571. The quantitative estimate of drug-likeness (QED) is 0.158. The maximum absolute atomic E-state index is 6.41. The molecule has 62 heavy (non-hydrogen) atoms. The van der Waals surface area contributed by atoms with E-state index in [1.165, 1.54) is 31.7 Å². The summed E-state index contributed by atoms with van der Waals surface area (Å²) >= 11 is 1.84. The molecule has 0 amide bonds. The molecule has 4 aromatic heterocycles. The summed E-state index contributed by atoms with van der Waals surface area (Å²) in [7, 11) is 0. The molecule has 0 aliphatic heterocycles. The van der Waals surface area contributed by atoms with Gasteiger partial charge in [-0.05, 0) is 71.3 Å². The highest BCUT2D eigenvalue weighted by Crippen LogP contribution is 2.42. The number of para-hydroxylation sites is 2. The third kappa shape index (κ3) is 6.45. The monoisotopic (exact) mass is 814 g/mol. The van der Waals surface area contributed by atoms with Gasteiger partial charge in [0.2, 0.25) is 0 Å². The SMILES string of the molecule is C1=C(c2ccc(-c3nc(-c4ccccc4)nc(-c4cccc5c4oc4ccccc45)n3)cc2)CCc2c1sc1ccc(-c3nc(-c4ccccc4)nc(-c4ccccc4)n3)cc21. The number of hydrogen-bond donors (Lipinski definition) is 0. The van der Waals surface area contributed by atoms with E-state index in [1.54, 1.807) is 0 Å². The second-order valence-electron chi connectivity index (χ2n) is 15.4. The Morgan fingerprint density at radius 2 is 0.887 bits per heavy atom. The molecule has 4 heterocycles. The molecule has 0 fully saturated rings. The molecule has 7 aromatic carbocycles. The number of rotatable bonds is 7. The minimum Gasteiger partial charge on any atom is -0.455 e. The number of allylic oxidation sites excluding steroid dienone is 1. The van der Waals surface area contributed by atoms with Crippen LogP contribution in [0.1, 0.15) is 22.4 Å². The third-order valence-corrected chi connectivity index (χ3v) is 12.7. The second kappa shape index (κ2) is 15.0. The Hall–Kier alpha value is -7.94. The summed E-state index contributed by atoms with van der Waals surface area (Å²) in [5.41, 5.74) is 11.0. The Morgan fingerprint density at radius 3 is 1.52 bits per heavy atom. The van der Waals surface area contributed by atoms with Crippen molar-refractivity contribution in [3.05, 3.63) is 192 Å². The van der Waals surface area contributed by atoms with Gasteiger partial charge in [0.1, 0.15) is 11.2 Å². The molecule has 0 N–H and O–H groups in total. The van der Waals surface area contributed by atoms with Crippen molar-refractivity contribution in [3.8, 4) is 68.3 Å². The number of thiophene rings is 1. The fourth-order valence-corrected chi connectivity index (χ4v) is 9.64. The Balaban J connectivity index is 0.885. The molecule has 0 saturated heterocycles. The van der Waals surface area contributed by atoms with Gasteiger partial charge in [0.25, 0.3) is 0 Å². The van der Waals surface area contributed by atoms with Crippen molar-refractivity contribution in [1.29, 1.82) is 0 Å². The van der Waals surface area contributed by atoms with Crippen LogP contribution in [0.2, 0.25) is 0 Å². The van der Waals surface area contributed by atoms with Crippen LogP contribution in [0, 0.1) is 0 Å². The van der Waals surface area contributed by atoms with Gasteiger partial charge in [-0.2, -0.15) is 0 Å². The fraction of sp³-hybridized carbons (Fsp3) is 0.0370. The van der Waals surface area contributed by atoms with Gasteiger partial charge in [0, 0.05) is 48.2 Å². The van der Waals surface area contributed by atoms with Crippen molar-refractivity contribution in [2.45, 2.75) is 12.8 Å². The normalized spacial score (nSPS) is 12.5. The van der Waals surface area contributed by atoms with E-state index in [-0.39, 0.29) is 0 Å². The molecule has 1 aliphatic rings. The van der Waals surface area contributed by atoms with Crippen molar-refractivity contribution in [3.63, 3.8) is 0 Å². The van der Waals surface area contributed by atoms with Gasteiger partial charge in [-0.25, -0.2) is 29.9 Å². The summed E-state index contributed by atoms with van der Waals surface area (Å²) in [5.74, 6) is 3.78. The van der Waals surface area contributed by atoms with E-state index in [2.05, 4.69) is 60.7 Å². The van der Waals surface area contributed by atoms with Crippen LogP contribution in [-0.4, -0.2) is 29.9 Å². The van der Waals surface area contributed by atoms with E-state index < -0.39 is 0 Å². The summed E-state index contributed by atoms with van der Waals surface area (Å²) in [5, 5.41) is 3.36. The molecule has 0 saturated carbocycles. The van der Waals surface area contributed by atoms with Gasteiger partial charge in [-0.3, -0.25) is 0 Å². The molecule has 0 spiro atoms. The molecule has 12 rings (SSSR count). The standard InChI is InChI=1S/C54H34N6OS/c1-4-13-34(14-5-1)49-55-50(35-15-6-2-7-16-35)58-53(57-49)39-28-30-46-44(31-39)41-29-27-38(32-47(41)62-46)33-23-25-37(26-24-33)52-56-51(36-17-8-3-9-18-36)59-54(60-52)43-21-12-20-42-40-19-10-11-22-45(40)61-48(42)43/h1-26,28,30-32H,27,29H2. The first-order valence-electron chi connectivity index (χ1n) is 20.6. The Morgan fingerprint density at radius 1 is 0.387 bits per heavy atom. The van der Waals surface area contributed by atoms with E-state index in [0.29, 0.717) is 34.9 Å². The highest BCUT2D eigenvalue weighted by Gasteiger charge is 2.21. The van der Waals surface area contributed by atoms with Gasteiger partial charge in [-0.15, -0.1) is 11.3 Å². The molecule has 292 valence electrons. The number of furan rings is 1. The Kier molecular flexibility index (Phi) is 8.67. The van der Waals surface area contributed by atoms with Crippen molar-refractivity contribution in [2.75, 3.05) is 0 Å². The van der Waals surface area contributed by atoms with E-state index in [1.807, 2.05) is 133 Å². The molecule has 1 aliphatic carbocycles. The van der Waals surface area contributed by atoms with Crippen molar-refractivity contribution >= 4 is 55.0 Å². The first-order chi connectivity index (χ1) is 30.7. The van der Waals surface area contributed by atoms with Gasteiger partial charge < -0.3 is 4.42 Å². The van der Waals surface area contributed by atoms with Crippen LogP contribution in [0.3, 0.4) is 0 Å². The smallest absolute Gasteiger partial charge is 0.167 e.